The van der Waals surface area contributed by atoms with Crippen LogP contribution in [0.4, 0.5) is 21.5 Å². The minimum absolute atomic E-state index is 0.0481. The van der Waals surface area contributed by atoms with Gasteiger partial charge in [0.05, 0.1) is 11.3 Å². The summed E-state index contributed by atoms with van der Waals surface area (Å²) in [5.74, 6) is -0.962. The van der Waals surface area contributed by atoms with Gasteiger partial charge in [-0.05, 0) is 66.6 Å². The summed E-state index contributed by atoms with van der Waals surface area (Å²) >= 11 is 1.37. The molecule has 3 heterocycles. The van der Waals surface area contributed by atoms with Crippen LogP contribution in [0.1, 0.15) is 24.6 Å². The smallest absolute Gasteiger partial charge is 0.282 e. The van der Waals surface area contributed by atoms with Gasteiger partial charge in [-0.15, -0.1) is 11.3 Å². The number of benzene rings is 2. The first-order chi connectivity index (χ1) is 16.0. The lowest BCUT2D eigenvalue weighted by Gasteiger charge is -2.32. The quantitative estimate of drug-likeness (QED) is 0.509. The van der Waals surface area contributed by atoms with E-state index in [9.17, 15) is 14.0 Å². The highest BCUT2D eigenvalue weighted by Gasteiger charge is 2.41. The number of piperidine rings is 1. The van der Waals surface area contributed by atoms with Crippen LogP contribution >= 0.6 is 11.3 Å². The van der Waals surface area contributed by atoms with Gasteiger partial charge < -0.3 is 10.2 Å². The van der Waals surface area contributed by atoms with E-state index in [1.807, 2.05) is 35.7 Å². The molecule has 0 unspecified atom stereocenters. The maximum Gasteiger partial charge on any atom is 0.282 e. The molecule has 2 aliphatic heterocycles. The van der Waals surface area contributed by atoms with Crippen LogP contribution in [0.2, 0.25) is 0 Å². The van der Waals surface area contributed by atoms with E-state index in [-0.39, 0.29) is 17.0 Å². The third kappa shape index (κ3) is 4.04. The van der Waals surface area contributed by atoms with Crippen LogP contribution < -0.4 is 15.1 Å². The van der Waals surface area contributed by atoms with Crippen molar-refractivity contribution in [2.45, 2.75) is 19.8 Å². The second kappa shape index (κ2) is 8.83. The highest BCUT2D eigenvalue weighted by Crippen LogP contribution is 2.36. The Morgan fingerprint density at radius 2 is 1.67 bits per heavy atom. The monoisotopic (exact) mass is 461 g/mol. The summed E-state index contributed by atoms with van der Waals surface area (Å²) in [5.41, 5.74) is 2.21. The minimum Gasteiger partial charge on any atom is -0.372 e. The van der Waals surface area contributed by atoms with Gasteiger partial charge in [0.25, 0.3) is 11.8 Å². The number of carbonyl (C=O) groups excluding carboxylic acids is 2. The molecule has 0 aliphatic carbocycles. The van der Waals surface area contributed by atoms with Gasteiger partial charge >= 0.3 is 0 Å². The van der Waals surface area contributed by atoms with Crippen molar-refractivity contribution in [2.75, 3.05) is 28.2 Å². The minimum atomic E-state index is -0.619. The molecule has 1 fully saturated rings. The zero-order valence-electron chi connectivity index (χ0n) is 18.3. The number of carbonyl (C=O) groups is 2. The molecule has 3 aromatic rings. The summed E-state index contributed by atoms with van der Waals surface area (Å²) in [4.78, 5) is 30.6. The maximum absolute atomic E-state index is 14.5. The van der Waals surface area contributed by atoms with Crippen LogP contribution in [0.5, 0.6) is 0 Å². The Balaban J connectivity index is 1.45. The van der Waals surface area contributed by atoms with E-state index in [1.54, 1.807) is 12.1 Å². The van der Waals surface area contributed by atoms with Gasteiger partial charge in [-0.1, -0.05) is 25.1 Å². The standard InChI is InChI=1S/C26H24FN3O2S/c1-17-12-14-29(15-13-17)19-10-8-18(9-11-19)28-24-23(22-7-4-16-33-22)25(31)30(26(24)32)21-6-3-2-5-20(21)27/h2-11,16-17,28H,12-15H2,1H3. The van der Waals surface area contributed by atoms with Crippen molar-refractivity contribution in [2.24, 2.45) is 5.92 Å². The molecule has 0 atom stereocenters. The number of halogens is 1. The van der Waals surface area contributed by atoms with E-state index in [0.717, 1.165) is 29.6 Å². The number of para-hydroxylation sites is 1. The predicted molar refractivity (Wildman–Crippen MR) is 131 cm³/mol. The summed E-state index contributed by atoms with van der Waals surface area (Å²) in [5, 5.41) is 4.99. The molecule has 0 saturated carbocycles. The van der Waals surface area contributed by atoms with E-state index >= 15 is 0 Å². The van der Waals surface area contributed by atoms with Crippen LogP contribution in [-0.4, -0.2) is 24.9 Å². The summed E-state index contributed by atoms with van der Waals surface area (Å²) in [6, 6.07) is 17.3. The summed E-state index contributed by atoms with van der Waals surface area (Å²) in [6.07, 6.45) is 2.36. The van der Waals surface area contributed by atoms with Crippen molar-refractivity contribution in [1.82, 2.24) is 0 Å². The molecule has 5 nitrogen and oxygen atoms in total. The topological polar surface area (TPSA) is 52.7 Å². The van der Waals surface area contributed by atoms with Crippen LogP contribution in [0.3, 0.4) is 0 Å². The number of rotatable bonds is 5. The van der Waals surface area contributed by atoms with Crippen molar-refractivity contribution in [3.63, 3.8) is 0 Å². The fourth-order valence-corrected chi connectivity index (χ4v) is 5.08. The van der Waals surface area contributed by atoms with Gasteiger partial charge in [0.15, 0.2) is 0 Å². The molecule has 1 N–H and O–H groups in total. The first kappa shape index (κ1) is 21.4. The van der Waals surface area contributed by atoms with E-state index in [4.69, 9.17) is 0 Å². The van der Waals surface area contributed by atoms with Crippen LogP contribution in [0.25, 0.3) is 5.57 Å². The summed E-state index contributed by atoms with van der Waals surface area (Å²) in [7, 11) is 0. The molecule has 2 amide bonds. The summed E-state index contributed by atoms with van der Waals surface area (Å²) in [6.45, 7) is 4.35. The Hall–Kier alpha value is -3.45. The molecule has 168 valence electrons. The third-order valence-corrected chi connectivity index (χ3v) is 7.12. The number of thiophene rings is 1. The SMILES string of the molecule is CC1CCN(c2ccc(NC3=C(c4cccs4)C(=O)N(c4ccccc4F)C3=O)cc2)CC1. The lowest BCUT2D eigenvalue weighted by Crippen LogP contribution is -2.33. The number of nitrogens with one attached hydrogen (secondary N) is 1. The lowest BCUT2D eigenvalue weighted by atomic mass is 9.99. The second-order valence-corrected chi connectivity index (χ2v) is 9.41. The molecular weight excluding hydrogens is 437 g/mol. The maximum atomic E-state index is 14.5. The molecule has 1 saturated heterocycles. The van der Waals surface area contributed by atoms with Gasteiger partial charge in [0, 0.05) is 29.3 Å². The largest absolute Gasteiger partial charge is 0.372 e. The number of nitrogens with zero attached hydrogens (tertiary/aromatic N) is 2. The van der Waals surface area contributed by atoms with Crippen molar-refractivity contribution >= 4 is 45.8 Å². The fraction of sp³-hybridized carbons (Fsp3) is 0.231. The van der Waals surface area contributed by atoms with E-state index in [1.165, 1.54) is 42.4 Å². The zero-order chi connectivity index (χ0) is 22.9. The number of amides is 2. The highest BCUT2D eigenvalue weighted by atomic mass is 32.1. The van der Waals surface area contributed by atoms with E-state index < -0.39 is 17.6 Å². The molecule has 2 aliphatic rings. The molecule has 2 aromatic carbocycles. The van der Waals surface area contributed by atoms with Crippen LogP contribution in [0.15, 0.2) is 71.7 Å². The number of imide groups is 1. The Kier molecular flexibility index (Phi) is 5.72. The lowest BCUT2D eigenvalue weighted by molar-refractivity contribution is -0.120. The average molecular weight is 462 g/mol. The van der Waals surface area contributed by atoms with Gasteiger partial charge in [-0.2, -0.15) is 0 Å². The average Bonchev–Trinajstić information content (AvgIpc) is 3.42. The van der Waals surface area contributed by atoms with Crippen molar-refractivity contribution < 1.29 is 14.0 Å². The van der Waals surface area contributed by atoms with Gasteiger partial charge in [-0.25, -0.2) is 9.29 Å². The zero-order valence-corrected chi connectivity index (χ0v) is 19.1. The number of anilines is 3. The first-order valence-corrected chi connectivity index (χ1v) is 11.9. The van der Waals surface area contributed by atoms with Gasteiger partial charge in [0.2, 0.25) is 0 Å². The molecule has 0 bridgehead atoms. The molecular formula is C26H24FN3O2S. The molecule has 0 spiro atoms. The predicted octanol–water partition coefficient (Wildman–Crippen LogP) is 5.52. The molecule has 5 rings (SSSR count). The second-order valence-electron chi connectivity index (χ2n) is 8.47. The third-order valence-electron chi connectivity index (χ3n) is 6.23. The Morgan fingerprint density at radius 1 is 0.939 bits per heavy atom. The van der Waals surface area contributed by atoms with Crippen molar-refractivity contribution in [3.8, 4) is 0 Å². The molecule has 7 heteroatoms. The first-order valence-electron chi connectivity index (χ1n) is 11.1. The Morgan fingerprint density at radius 3 is 2.33 bits per heavy atom. The van der Waals surface area contributed by atoms with Crippen LogP contribution in [-0.2, 0) is 9.59 Å². The Bertz CT molecular complexity index is 1210. The molecule has 1 aromatic heterocycles. The van der Waals surface area contributed by atoms with E-state index in [2.05, 4.69) is 17.1 Å². The highest BCUT2D eigenvalue weighted by molar-refractivity contribution is 7.11. The Labute approximate surface area is 196 Å². The van der Waals surface area contributed by atoms with Gasteiger partial charge in [0.1, 0.15) is 11.5 Å². The summed E-state index contributed by atoms with van der Waals surface area (Å²) < 4.78 is 14.5. The fourth-order valence-electron chi connectivity index (χ4n) is 4.31. The number of hydrogen-bond donors (Lipinski definition) is 1. The molecule has 0 radical (unpaired) electrons. The van der Waals surface area contributed by atoms with Crippen LogP contribution in [0, 0.1) is 11.7 Å². The van der Waals surface area contributed by atoms with Crippen molar-refractivity contribution in [3.05, 3.63) is 82.4 Å². The van der Waals surface area contributed by atoms with Crippen molar-refractivity contribution in [1.29, 1.82) is 0 Å². The normalized spacial score (nSPS) is 17.3. The number of hydrogen-bond acceptors (Lipinski definition) is 5. The van der Waals surface area contributed by atoms with E-state index in [0.29, 0.717) is 10.6 Å². The molecule has 33 heavy (non-hydrogen) atoms. The van der Waals surface area contributed by atoms with Gasteiger partial charge in [-0.3, -0.25) is 9.59 Å².